The second-order valence-electron chi connectivity index (χ2n) is 5.47. The maximum absolute atomic E-state index is 12.8. The molecule has 1 heterocycles. The van der Waals surface area contributed by atoms with Gasteiger partial charge < -0.3 is 14.2 Å². The van der Waals surface area contributed by atoms with Gasteiger partial charge in [-0.1, -0.05) is 0 Å². The van der Waals surface area contributed by atoms with Crippen LogP contribution in [0.25, 0.3) is 0 Å². The summed E-state index contributed by atoms with van der Waals surface area (Å²) in [4.78, 5) is 25.1. The first-order valence-electron chi connectivity index (χ1n) is 7.57. The number of halogens is 4. The van der Waals surface area contributed by atoms with E-state index in [4.69, 9.17) is 4.74 Å². The molecule has 0 saturated heterocycles. The van der Waals surface area contributed by atoms with Gasteiger partial charge in [-0.3, -0.25) is 9.59 Å². The molecule has 5 nitrogen and oxygen atoms in total. The molecule has 2 rings (SSSR count). The van der Waals surface area contributed by atoms with Crippen molar-refractivity contribution in [2.24, 2.45) is 0 Å². The van der Waals surface area contributed by atoms with E-state index in [0.717, 1.165) is 12.3 Å². The van der Waals surface area contributed by atoms with Crippen LogP contribution in [-0.2, 0) is 17.5 Å². The van der Waals surface area contributed by atoms with Gasteiger partial charge in [0.1, 0.15) is 30.3 Å². The summed E-state index contributed by atoms with van der Waals surface area (Å²) in [6.07, 6.45) is -3.66. The molecule has 140 valence electrons. The first-order valence-corrected chi connectivity index (χ1v) is 7.57. The van der Waals surface area contributed by atoms with E-state index in [1.807, 2.05) is 0 Å². The molecule has 1 aromatic carbocycles. The van der Waals surface area contributed by atoms with Gasteiger partial charge in [0.25, 0.3) is 5.56 Å². The van der Waals surface area contributed by atoms with Crippen molar-refractivity contribution in [2.75, 3.05) is 20.2 Å². The largest absolute Gasteiger partial charge is 0.492 e. The third kappa shape index (κ3) is 5.08. The first kappa shape index (κ1) is 19.5. The number of rotatable bonds is 6. The summed E-state index contributed by atoms with van der Waals surface area (Å²) < 4.78 is 57.0. The number of carbonyl (C=O) groups is 1. The zero-order valence-corrected chi connectivity index (χ0v) is 13.8. The molecule has 0 saturated carbocycles. The SMILES string of the molecule is CN(CCOc1ccc(F)cc1)C(=O)Cn1cccc(C(F)(F)F)c1=O. The van der Waals surface area contributed by atoms with Crippen LogP contribution in [0.4, 0.5) is 17.6 Å². The number of amides is 1. The van der Waals surface area contributed by atoms with Crippen molar-refractivity contribution in [2.45, 2.75) is 12.7 Å². The lowest BCUT2D eigenvalue weighted by Crippen LogP contribution is -2.37. The van der Waals surface area contributed by atoms with E-state index in [0.29, 0.717) is 16.4 Å². The van der Waals surface area contributed by atoms with Crippen LogP contribution in [0.1, 0.15) is 5.56 Å². The monoisotopic (exact) mass is 372 g/mol. The molecule has 0 bridgehead atoms. The molecular weight excluding hydrogens is 356 g/mol. The molecule has 9 heteroatoms. The van der Waals surface area contributed by atoms with Crippen molar-refractivity contribution >= 4 is 5.91 Å². The molecule has 0 atom stereocenters. The molecule has 0 aliphatic carbocycles. The van der Waals surface area contributed by atoms with Crippen LogP contribution in [0.3, 0.4) is 0 Å². The van der Waals surface area contributed by atoms with Crippen molar-refractivity contribution in [1.82, 2.24) is 9.47 Å². The van der Waals surface area contributed by atoms with Gasteiger partial charge in [-0.25, -0.2) is 4.39 Å². The Hall–Kier alpha value is -2.84. The van der Waals surface area contributed by atoms with Crippen LogP contribution in [0.2, 0.25) is 0 Å². The lowest BCUT2D eigenvalue weighted by Gasteiger charge is -2.18. The minimum atomic E-state index is -4.78. The van der Waals surface area contributed by atoms with Gasteiger partial charge in [0.05, 0.1) is 6.54 Å². The zero-order chi connectivity index (χ0) is 19.3. The molecule has 0 N–H and O–H groups in total. The van der Waals surface area contributed by atoms with E-state index >= 15 is 0 Å². The lowest BCUT2D eigenvalue weighted by atomic mass is 10.2. The molecule has 0 aliphatic rings. The van der Waals surface area contributed by atoms with Gasteiger partial charge in [-0.15, -0.1) is 0 Å². The first-order chi connectivity index (χ1) is 12.2. The predicted molar refractivity (Wildman–Crippen MR) is 85.2 cm³/mol. The Morgan fingerprint density at radius 1 is 1.19 bits per heavy atom. The second-order valence-corrected chi connectivity index (χ2v) is 5.47. The average Bonchev–Trinajstić information content (AvgIpc) is 2.57. The van der Waals surface area contributed by atoms with Gasteiger partial charge in [0, 0.05) is 13.2 Å². The Labute approximate surface area is 146 Å². The lowest BCUT2D eigenvalue weighted by molar-refractivity contribution is -0.139. The highest BCUT2D eigenvalue weighted by Crippen LogP contribution is 2.25. The van der Waals surface area contributed by atoms with Gasteiger partial charge in [0.2, 0.25) is 5.91 Å². The summed E-state index contributed by atoms with van der Waals surface area (Å²) in [6.45, 7) is -0.273. The van der Waals surface area contributed by atoms with Gasteiger partial charge >= 0.3 is 6.18 Å². The van der Waals surface area contributed by atoms with E-state index < -0.39 is 35.6 Å². The number of likely N-dealkylation sites (N-methyl/N-ethyl adjacent to an activating group) is 1. The fourth-order valence-electron chi connectivity index (χ4n) is 2.10. The van der Waals surface area contributed by atoms with Crippen molar-refractivity contribution in [3.05, 3.63) is 64.3 Å². The number of alkyl halides is 3. The van der Waals surface area contributed by atoms with E-state index in [1.165, 1.54) is 36.2 Å². The fourth-order valence-corrected chi connectivity index (χ4v) is 2.10. The number of carbonyl (C=O) groups excluding carboxylic acids is 1. The minimum absolute atomic E-state index is 0.103. The summed E-state index contributed by atoms with van der Waals surface area (Å²) in [7, 11) is 1.44. The van der Waals surface area contributed by atoms with Gasteiger partial charge in [0.15, 0.2) is 0 Å². The number of aromatic nitrogens is 1. The molecule has 2 aromatic rings. The molecular formula is C17H16F4N2O3. The van der Waals surface area contributed by atoms with Crippen molar-refractivity contribution in [1.29, 1.82) is 0 Å². The molecule has 0 fully saturated rings. The highest BCUT2D eigenvalue weighted by atomic mass is 19.4. The highest BCUT2D eigenvalue weighted by molar-refractivity contribution is 5.75. The van der Waals surface area contributed by atoms with Crippen LogP contribution in [0.5, 0.6) is 5.75 Å². The summed E-state index contributed by atoms with van der Waals surface area (Å²) >= 11 is 0. The van der Waals surface area contributed by atoms with Crippen molar-refractivity contribution < 1.29 is 27.1 Å². The molecule has 1 aromatic heterocycles. The van der Waals surface area contributed by atoms with E-state index in [-0.39, 0.29) is 13.2 Å². The van der Waals surface area contributed by atoms with Crippen LogP contribution < -0.4 is 10.3 Å². The fraction of sp³-hybridized carbons (Fsp3) is 0.294. The minimum Gasteiger partial charge on any atom is -0.492 e. The van der Waals surface area contributed by atoms with Crippen LogP contribution in [-0.4, -0.2) is 35.6 Å². The molecule has 0 aliphatic heterocycles. The Morgan fingerprint density at radius 3 is 2.46 bits per heavy atom. The Bertz CT molecular complexity index is 816. The van der Waals surface area contributed by atoms with Crippen molar-refractivity contribution in [3.8, 4) is 5.75 Å². The maximum Gasteiger partial charge on any atom is 0.421 e. The van der Waals surface area contributed by atoms with Crippen LogP contribution >= 0.6 is 0 Å². The predicted octanol–water partition coefficient (Wildman–Crippen LogP) is 2.54. The topological polar surface area (TPSA) is 51.5 Å². The smallest absolute Gasteiger partial charge is 0.421 e. The summed E-state index contributed by atoms with van der Waals surface area (Å²) in [5.41, 5.74) is -2.60. The average molecular weight is 372 g/mol. The number of benzene rings is 1. The number of pyridine rings is 1. The highest BCUT2D eigenvalue weighted by Gasteiger charge is 2.34. The third-order valence-corrected chi connectivity index (χ3v) is 3.57. The number of ether oxygens (including phenoxy) is 1. The molecule has 0 unspecified atom stereocenters. The quantitative estimate of drug-likeness (QED) is 0.733. The van der Waals surface area contributed by atoms with E-state index in [9.17, 15) is 27.2 Å². The van der Waals surface area contributed by atoms with Crippen LogP contribution in [0, 0.1) is 5.82 Å². The second kappa shape index (κ2) is 8.03. The van der Waals surface area contributed by atoms with E-state index in [2.05, 4.69) is 0 Å². The number of hydrogen-bond acceptors (Lipinski definition) is 3. The normalized spacial score (nSPS) is 11.3. The number of hydrogen-bond donors (Lipinski definition) is 0. The molecule has 0 radical (unpaired) electrons. The van der Waals surface area contributed by atoms with Gasteiger partial charge in [-0.2, -0.15) is 13.2 Å². The molecule has 1 amide bonds. The molecule has 0 spiro atoms. The summed E-state index contributed by atoms with van der Waals surface area (Å²) in [5, 5.41) is 0. The Morgan fingerprint density at radius 2 is 1.85 bits per heavy atom. The van der Waals surface area contributed by atoms with E-state index in [1.54, 1.807) is 0 Å². The summed E-state index contributed by atoms with van der Waals surface area (Å²) in [6, 6.07) is 7.05. The molecule has 26 heavy (non-hydrogen) atoms. The Balaban J connectivity index is 1.93. The van der Waals surface area contributed by atoms with Gasteiger partial charge in [-0.05, 0) is 36.4 Å². The standard InChI is InChI=1S/C17H16F4N2O3/c1-22(9-10-26-13-6-4-12(18)5-7-13)15(24)11-23-8-2-3-14(16(23)25)17(19,20)21/h2-8H,9-11H2,1H3. The Kier molecular flexibility index (Phi) is 6.01. The maximum atomic E-state index is 12.8. The summed E-state index contributed by atoms with van der Waals surface area (Å²) in [5.74, 6) is -0.536. The third-order valence-electron chi connectivity index (χ3n) is 3.57. The van der Waals surface area contributed by atoms with Crippen molar-refractivity contribution in [3.63, 3.8) is 0 Å². The zero-order valence-electron chi connectivity index (χ0n) is 13.8. The number of nitrogens with zero attached hydrogens (tertiary/aromatic N) is 2. The van der Waals surface area contributed by atoms with Crippen LogP contribution in [0.15, 0.2) is 47.4 Å².